The predicted octanol–water partition coefficient (Wildman–Crippen LogP) is 1.29. The van der Waals surface area contributed by atoms with E-state index >= 15 is 0 Å². The zero-order valence-electron chi connectivity index (χ0n) is 8.82. The number of hydrogen-bond acceptors (Lipinski definition) is 3. The Morgan fingerprint density at radius 1 is 1.62 bits per heavy atom. The maximum absolute atomic E-state index is 12.5. The smallest absolute Gasteiger partial charge is 0.225 e. The molecule has 1 aliphatic carbocycles. The molecule has 1 saturated carbocycles. The van der Waals surface area contributed by atoms with E-state index in [0.29, 0.717) is 18.0 Å². The Morgan fingerprint density at radius 3 is 2.94 bits per heavy atom. The minimum Gasteiger partial charge on any atom is -0.327 e. The lowest BCUT2D eigenvalue weighted by Gasteiger charge is -2.10. The number of carbonyl (C=O) groups excluding carboxylic acids is 1. The van der Waals surface area contributed by atoms with Crippen molar-refractivity contribution in [2.75, 3.05) is 5.32 Å². The highest BCUT2D eigenvalue weighted by molar-refractivity contribution is 5.90. The minimum absolute atomic E-state index is 0.0617. The van der Waals surface area contributed by atoms with Crippen molar-refractivity contribution in [3.8, 4) is 0 Å². The van der Waals surface area contributed by atoms with Crippen molar-refractivity contribution < 1.29 is 9.18 Å². The molecule has 0 bridgehead atoms. The van der Waals surface area contributed by atoms with Gasteiger partial charge in [0, 0.05) is 12.5 Å². The molecule has 0 aromatic carbocycles. The lowest BCUT2D eigenvalue weighted by molar-refractivity contribution is -0.116. The topological polar surface area (TPSA) is 68.0 Å². The van der Waals surface area contributed by atoms with Gasteiger partial charge in [0.15, 0.2) is 0 Å². The second kappa shape index (κ2) is 4.57. The molecule has 2 rings (SSSR count). The molecule has 0 aliphatic heterocycles. The van der Waals surface area contributed by atoms with Gasteiger partial charge in [-0.3, -0.25) is 4.79 Å². The van der Waals surface area contributed by atoms with Crippen molar-refractivity contribution in [1.82, 2.24) is 4.98 Å². The zero-order valence-corrected chi connectivity index (χ0v) is 8.82. The van der Waals surface area contributed by atoms with Crippen LogP contribution < -0.4 is 11.1 Å². The number of nitrogens with one attached hydrogen (secondary N) is 1. The molecule has 5 heteroatoms. The van der Waals surface area contributed by atoms with E-state index in [1.54, 1.807) is 0 Å². The second-order valence-corrected chi connectivity index (χ2v) is 4.12. The number of anilines is 1. The van der Waals surface area contributed by atoms with Crippen LogP contribution in [-0.2, 0) is 4.79 Å². The SMILES string of the molecule is NC(CC(=O)Nc1ccc(F)nc1)C1CC1. The lowest BCUT2D eigenvalue weighted by Crippen LogP contribution is -2.28. The molecule has 0 spiro atoms. The summed E-state index contributed by atoms with van der Waals surface area (Å²) in [6.07, 6.45) is 3.83. The molecule has 86 valence electrons. The van der Waals surface area contributed by atoms with Crippen LogP contribution in [0.1, 0.15) is 19.3 Å². The molecule has 1 fully saturated rings. The van der Waals surface area contributed by atoms with Gasteiger partial charge >= 0.3 is 0 Å². The fourth-order valence-electron chi connectivity index (χ4n) is 1.57. The van der Waals surface area contributed by atoms with E-state index < -0.39 is 5.95 Å². The monoisotopic (exact) mass is 223 g/mol. The fourth-order valence-corrected chi connectivity index (χ4v) is 1.57. The third-order valence-corrected chi connectivity index (χ3v) is 2.66. The summed E-state index contributed by atoms with van der Waals surface area (Å²) in [5.74, 6) is -0.211. The van der Waals surface area contributed by atoms with Gasteiger partial charge in [-0.1, -0.05) is 0 Å². The normalized spacial score (nSPS) is 16.9. The van der Waals surface area contributed by atoms with Gasteiger partial charge in [0.1, 0.15) is 0 Å². The highest BCUT2D eigenvalue weighted by atomic mass is 19.1. The molecular formula is C11H14FN3O. The number of rotatable bonds is 4. The Kier molecular flexibility index (Phi) is 3.14. The molecule has 16 heavy (non-hydrogen) atoms. The average Bonchev–Trinajstić information content (AvgIpc) is 3.04. The summed E-state index contributed by atoms with van der Waals surface area (Å²) in [6, 6.07) is 2.62. The van der Waals surface area contributed by atoms with Crippen molar-refractivity contribution in [3.05, 3.63) is 24.3 Å². The number of halogens is 1. The van der Waals surface area contributed by atoms with Gasteiger partial charge in [-0.15, -0.1) is 0 Å². The van der Waals surface area contributed by atoms with Gasteiger partial charge in [0.2, 0.25) is 11.9 Å². The van der Waals surface area contributed by atoms with Crippen molar-refractivity contribution in [2.24, 2.45) is 11.7 Å². The number of pyridine rings is 1. The Bertz CT molecular complexity index is 375. The van der Waals surface area contributed by atoms with E-state index in [1.807, 2.05) is 0 Å². The van der Waals surface area contributed by atoms with Gasteiger partial charge in [-0.25, -0.2) is 4.98 Å². The first kappa shape index (κ1) is 11.0. The third-order valence-electron chi connectivity index (χ3n) is 2.66. The number of amides is 1. The quantitative estimate of drug-likeness (QED) is 0.756. The van der Waals surface area contributed by atoms with Crippen LogP contribution in [0.15, 0.2) is 18.3 Å². The first-order valence-electron chi connectivity index (χ1n) is 5.32. The van der Waals surface area contributed by atoms with Crippen LogP contribution in [0.2, 0.25) is 0 Å². The van der Waals surface area contributed by atoms with Crippen molar-refractivity contribution >= 4 is 11.6 Å². The minimum atomic E-state index is -0.562. The van der Waals surface area contributed by atoms with Gasteiger partial charge in [0.05, 0.1) is 11.9 Å². The number of carbonyl (C=O) groups is 1. The Balaban J connectivity index is 1.84. The molecule has 1 amide bonds. The molecule has 3 N–H and O–H groups in total. The van der Waals surface area contributed by atoms with Gasteiger partial charge in [-0.05, 0) is 30.9 Å². The molecule has 1 unspecified atom stereocenters. The summed E-state index contributed by atoms with van der Waals surface area (Å²) in [5, 5.41) is 2.63. The average molecular weight is 223 g/mol. The maximum atomic E-state index is 12.5. The number of nitrogens with zero attached hydrogens (tertiary/aromatic N) is 1. The molecule has 0 radical (unpaired) electrons. The van der Waals surface area contributed by atoms with Crippen LogP contribution >= 0.6 is 0 Å². The van der Waals surface area contributed by atoms with Crippen molar-refractivity contribution in [1.29, 1.82) is 0 Å². The van der Waals surface area contributed by atoms with Crippen LogP contribution in [0.3, 0.4) is 0 Å². The summed E-state index contributed by atoms with van der Waals surface area (Å²) in [5.41, 5.74) is 6.32. The fraction of sp³-hybridized carbons (Fsp3) is 0.455. The maximum Gasteiger partial charge on any atom is 0.225 e. The molecule has 0 saturated heterocycles. The molecule has 4 nitrogen and oxygen atoms in total. The zero-order chi connectivity index (χ0) is 11.5. The molecule has 1 aromatic rings. The van der Waals surface area contributed by atoms with Gasteiger partial charge < -0.3 is 11.1 Å². The van der Waals surface area contributed by atoms with Crippen LogP contribution in [0.4, 0.5) is 10.1 Å². The Hall–Kier alpha value is -1.49. The van der Waals surface area contributed by atoms with E-state index in [-0.39, 0.29) is 11.9 Å². The first-order valence-corrected chi connectivity index (χ1v) is 5.32. The van der Waals surface area contributed by atoms with E-state index in [0.717, 1.165) is 12.8 Å². The summed E-state index contributed by atoms with van der Waals surface area (Å²) in [7, 11) is 0. The van der Waals surface area contributed by atoms with Gasteiger partial charge in [-0.2, -0.15) is 4.39 Å². The van der Waals surface area contributed by atoms with E-state index in [1.165, 1.54) is 18.3 Å². The van der Waals surface area contributed by atoms with Crippen molar-refractivity contribution in [3.63, 3.8) is 0 Å². The van der Waals surface area contributed by atoms with E-state index in [4.69, 9.17) is 5.73 Å². The Labute approximate surface area is 93.1 Å². The number of aromatic nitrogens is 1. The molecule has 1 aromatic heterocycles. The number of hydrogen-bond donors (Lipinski definition) is 2. The van der Waals surface area contributed by atoms with Crippen LogP contribution in [-0.4, -0.2) is 16.9 Å². The van der Waals surface area contributed by atoms with Crippen LogP contribution in [0.5, 0.6) is 0 Å². The van der Waals surface area contributed by atoms with Crippen molar-refractivity contribution in [2.45, 2.75) is 25.3 Å². The van der Waals surface area contributed by atoms with E-state index in [2.05, 4.69) is 10.3 Å². The first-order chi connectivity index (χ1) is 7.65. The molecule has 1 heterocycles. The third kappa shape index (κ3) is 3.00. The summed E-state index contributed by atoms with van der Waals surface area (Å²) >= 11 is 0. The largest absolute Gasteiger partial charge is 0.327 e. The molecule has 1 aliphatic rings. The second-order valence-electron chi connectivity index (χ2n) is 4.12. The molecule has 1 atom stereocenters. The number of nitrogens with two attached hydrogens (primary N) is 1. The Morgan fingerprint density at radius 2 is 2.38 bits per heavy atom. The standard InChI is InChI=1S/C11H14FN3O/c12-10-4-3-8(6-14-10)15-11(16)5-9(13)7-1-2-7/h3-4,6-7,9H,1-2,5,13H2,(H,15,16). The summed E-state index contributed by atoms with van der Waals surface area (Å²) < 4.78 is 12.5. The highest BCUT2D eigenvalue weighted by Gasteiger charge is 2.29. The summed E-state index contributed by atoms with van der Waals surface area (Å²) in [4.78, 5) is 15.0. The molecular weight excluding hydrogens is 209 g/mol. The van der Waals surface area contributed by atoms with Crippen LogP contribution in [0.25, 0.3) is 0 Å². The van der Waals surface area contributed by atoms with Crippen LogP contribution in [0, 0.1) is 11.9 Å². The predicted molar refractivity (Wildman–Crippen MR) is 58.1 cm³/mol. The van der Waals surface area contributed by atoms with E-state index in [9.17, 15) is 9.18 Å². The highest BCUT2D eigenvalue weighted by Crippen LogP contribution is 2.32. The summed E-state index contributed by atoms with van der Waals surface area (Å²) in [6.45, 7) is 0. The lowest BCUT2D eigenvalue weighted by atomic mass is 10.1. The van der Waals surface area contributed by atoms with Gasteiger partial charge in [0.25, 0.3) is 0 Å².